The summed E-state index contributed by atoms with van der Waals surface area (Å²) in [5.74, 6) is 0. The van der Waals surface area contributed by atoms with Crippen molar-refractivity contribution in [2.75, 3.05) is 13.1 Å². The van der Waals surface area contributed by atoms with Gasteiger partial charge in [0.1, 0.15) is 10.0 Å². The van der Waals surface area contributed by atoms with E-state index in [0.717, 1.165) is 10.1 Å². The van der Waals surface area contributed by atoms with Gasteiger partial charge in [0.05, 0.1) is 12.1 Å². The average molecular weight is 349 g/mol. The van der Waals surface area contributed by atoms with E-state index in [0.29, 0.717) is 37.4 Å². The van der Waals surface area contributed by atoms with E-state index >= 15 is 0 Å². The van der Waals surface area contributed by atoms with Gasteiger partial charge in [-0.2, -0.15) is 13.5 Å². The fourth-order valence-corrected chi connectivity index (χ4v) is 4.11. The molecule has 0 aliphatic carbocycles. The second kappa shape index (κ2) is 5.70. The highest BCUT2D eigenvalue weighted by molar-refractivity contribution is 7.80. The maximum Gasteiger partial charge on any atom is 0.418 e. The fraction of sp³-hybridized carbons (Fsp3) is 0.700. The predicted octanol–water partition coefficient (Wildman–Crippen LogP) is -0.285. The third kappa shape index (κ3) is 2.92. The van der Waals surface area contributed by atoms with Crippen molar-refractivity contribution in [1.29, 1.82) is 0 Å². The Balaban J connectivity index is 1.79. The van der Waals surface area contributed by atoms with E-state index in [1.54, 1.807) is 0 Å². The second-order valence-corrected chi connectivity index (χ2v) is 7.18. The van der Waals surface area contributed by atoms with Gasteiger partial charge in [-0.15, -0.1) is 14.5 Å². The number of rotatable bonds is 5. The molecule has 0 saturated carbocycles. The monoisotopic (exact) mass is 349 g/mol. The number of carbonyl (C=O) groups is 1. The molecule has 122 valence electrons. The average Bonchev–Trinajstić information content (AvgIpc) is 2.99. The standard InChI is InChI=1S/C10H15N5O5S2/c11-4-3-8-12-13-9(21-8)7-2-1-6-5-14(7)10(16)15(6)20-22(17,18)19/h6-7H,1-5,11H2,(H,17,18,19)/t6-,7-/m0/s1. The molecule has 2 aliphatic rings. The number of carbonyl (C=O) groups excluding carboxylic acids is 1. The van der Waals surface area contributed by atoms with Gasteiger partial charge in [-0.1, -0.05) is 11.3 Å². The summed E-state index contributed by atoms with van der Waals surface area (Å²) in [6.45, 7) is 0.796. The minimum atomic E-state index is -4.73. The Hall–Kier alpha value is -1.34. The van der Waals surface area contributed by atoms with Crippen molar-refractivity contribution < 1.29 is 22.0 Å². The number of hydroxylamine groups is 2. The molecule has 2 saturated heterocycles. The van der Waals surface area contributed by atoms with Crippen LogP contribution >= 0.6 is 11.3 Å². The van der Waals surface area contributed by atoms with Crippen LogP contribution in [0.1, 0.15) is 28.9 Å². The number of urea groups is 1. The number of piperidine rings is 1. The van der Waals surface area contributed by atoms with Crippen LogP contribution in [0.15, 0.2) is 0 Å². The first-order chi connectivity index (χ1) is 10.4. The first-order valence-electron chi connectivity index (χ1n) is 6.68. The van der Waals surface area contributed by atoms with Crippen LogP contribution in [0.2, 0.25) is 0 Å². The van der Waals surface area contributed by atoms with Crippen LogP contribution in [0.4, 0.5) is 4.79 Å². The zero-order valence-electron chi connectivity index (χ0n) is 11.5. The summed E-state index contributed by atoms with van der Waals surface area (Å²) in [6.07, 6.45) is 1.80. The van der Waals surface area contributed by atoms with Gasteiger partial charge in [-0.3, -0.25) is 4.55 Å². The number of hydrogen-bond donors (Lipinski definition) is 2. The largest absolute Gasteiger partial charge is 0.418 e. The van der Waals surface area contributed by atoms with Crippen LogP contribution in [0, 0.1) is 0 Å². The van der Waals surface area contributed by atoms with Gasteiger partial charge in [0.2, 0.25) is 0 Å². The Morgan fingerprint density at radius 1 is 1.41 bits per heavy atom. The summed E-state index contributed by atoms with van der Waals surface area (Å²) in [5.41, 5.74) is 5.48. The Morgan fingerprint density at radius 3 is 2.86 bits per heavy atom. The molecule has 3 N–H and O–H groups in total. The molecule has 3 rings (SSSR count). The third-order valence-electron chi connectivity index (χ3n) is 3.62. The molecule has 2 fully saturated rings. The predicted molar refractivity (Wildman–Crippen MR) is 75.0 cm³/mol. The smallest absolute Gasteiger partial charge is 0.330 e. The van der Waals surface area contributed by atoms with Crippen LogP contribution in [0.25, 0.3) is 0 Å². The van der Waals surface area contributed by atoms with Crippen LogP contribution < -0.4 is 5.73 Å². The fourth-order valence-electron chi connectivity index (χ4n) is 2.71. The zero-order valence-corrected chi connectivity index (χ0v) is 13.1. The lowest BCUT2D eigenvalue weighted by Crippen LogP contribution is -2.35. The number of fused-ring (bicyclic) bond motifs is 2. The van der Waals surface area contributed by atoms with Crippen molar-refractivity contribution in [3.63, 3.8) is 0 Å². The topological polar surface area (TPSA) is 139 Å². The third-order valence-corrected chi connectivity index (χ3v) is 5.06. The van der Waals surface area contributed by atoms with E-state index < -0.39 is 22.5 Å². The van der Waals surface area contributed by atoms with E-state index in [-0.39, 0.29) is 6.04 Å². The Kier molecular flexibility index (Phi) is 4.03. The van der Waals surface area contributed by atoms with E-state index in [1.807, 2.05) is 0 Å². The molecule has 1 aromatic heterocycles. The number of hydrogen-bond acceptors (Lipinski definition) is 8. The highest BCUT2D eigenvalue weighted by Gasteiger charge is 2.48. The molecule has 12 heteroatoms. The molecule has 2 amide bonds. The lowest BCUT2D eigenvalue weighted by atomic mass is 10.0. The van der Waals surface area contributed by atoms with Crippen LogP contribution in [-0.4, -0.2) is 58.3 Å². The molecule has 0 aromatic carbocycles. The van der Waals surface area contributed by atoms with Crippen molar-refractivity contribution in [1.82, 2.24) is 20.2 Å². The highest BCUT2D eigenvalue weighted by atomic mass is 32.3. The van der Waals surface area contributed by atoms with Crippen LogP contribution in [0.3, 0.4) is 0 Å². The molecule has 10 nitrogen and oxygen atoms in total. The van der Waals surface area contributed by atoms with Gasteiger partial charge >= 0.3 is 16.4 Å². The molecule has 2 aliphatic heterocycles. The van der Waals surface area contributed by atoms with Crippen molar-refractivity contribution in [2.24, 2.45) is 5.73 Å². The van der Waals surface area contributed by atoms with Crippen LogP contribution in [0.5, 0.6) is 0 Å². The summed E-state index contributed by atoms with van der Waals surface area (Å²) in [5, 5.41) is 10.4. The van der Waals surface area contributed by atoms with Crippen molar-refractivity contribution in [3.05, 3.63) is 10.0 Å². The van der Waals surface area contributed by atoms with Crippen molar-refractivity contribution in [2.45, 2.75) is 31.3 Å². The minimum Gasteiger partial charge on any atom is -0.330 e. The van der Waals surface area contributed by atoms with Gasteiger partial charge in [-0.05, 0) is 19.4 Å². The zero-order chi connectivity index (χ0) is 15.9. The van der Waals surface area contributed by atoms with E-state index in [9.17, 15) is 13.2 Å². The molecule has 3 heterocycles. The molecular weight excluding hydrogens is 334 g/mol. The first kappa shape index (κ1) is 15.6. The van der Waals surface area contributed by atoms with Gasteiger partial charge in [0.15, 0.2) is 0 Å². The number of amides is 2. The Bertz CT molecular complexity index is 677. The highest BCUT2D eigenvalue weighted by Crippen LogP contribution is 2.39. The van der Waals surface area contributed by atoms with Gasteiger partial charge in [0.25, 0.3) is 0 Å². The molecule has 0 spiro atoms. The number of nitrogens with two attached hydrogens (primary N) is 1. The molecule has 2 bridgehead atoms. The number of aromatic nitrogens is 2. The molecule has 2 atom stereocenters. The molecule has 0 unspecified atom stereocenters. The van der Waals surface area contributed by atoms with E-state index in [2.05, 4.69) is 14.5 Å². The molecule has 0 radical (unpaired) electrons. The van der Waals surface area contributed by atoms with Crippen molar-refractivity contribution >= 4 is 27.8 Å². The molecule has 1 aromatic rings. The summed E-state index contributed by atoms with van der Waals surface area (Å²) in [6, 6.07) is -1.26. The summed E-state index contributed by atoms with van der Waals surface area (Å²) in [4.78, 5) is 13.8. The lowest BCUT2D eigenvalue weighted by molar-refractivity contribution is -0.0317. The summed E-state index contributed by atoms with van der Waals surface area (Å²) < 4.78 is 34.8. The number of nitrogens with zero attached hydrogens (tertiary/aromatic N) is 4. The SMILES string of the molecule is NCCc1nnc([C@@H]2CC[C@H]3CN2C(=O)N3OS(=O)(=O)O)s1. The van der Waals surface area contributed by atoms with E-state index in [4.69, 9.17) is 10.3 Å². The maximum atomic E-state index is 12.3. The van der Waals surface area contributed by atoms with Gasteiger partial charge < -0.3 is 10.6 Å². The maximum absolute atomic E-state index is 12.3. The van der Waals surface area contributed by atoms with Crippen molar-refractivity contribution in [3.8, 4) is 0 Å². The van der Waals surface area contributed by atoms with Gasteiger partial charge in [-0.25, -0.2) is 4.79 Å². The Morgan fingerprint density at radius 2 is 2.18 bits per heavy atom. The second-order valence-electron chi connectivity index (χ2n) is 5.08. The normalized spacial score (nSPS) is 25.1. The molecule has 22 heavy (non-hydrogen) atoms. The first-order valence-corrected chi connectivity index (χ1v) is 8.86. The summed E-state index contributed by atoms with van der Waals surface area (Å²) in [7, 11) is -4.73. The molecular formula is C10H15N5O5S2. The summed E-state index contributed by atoms with van der Waals surface area (Å²) >= 11 is 1.39. The van der Waals surface area contributed by atoms with Crippen LogP contribution in [-0.2, 0) is 21.1 Å². The van der Waals surface area contributed by atoms with Gasteiger partial charge in [0, 0.05) is 13.0 Å². The Labute approximate surface area is 130 Å². The quantitative estimate of drug-likeness (QED) is 0.692. The van der Waals surface area contributed by atoms with E-state index in [1.165, 1.54) is 16.2 Å². The minimum absolute atomic E-state index is 0.261. The lowest BCUT2D eigenvalue weighted by Gasteiger charge is -2.28.